The van der Waals surface area contributed by atoms with Crippen LogP contribution in [0.5, 0.6) is 0 Å². The number of benzene rings is 7. The molecular weight excluding hydrogens is 761 g/mol. The molecule has 4 saturated carbocycles. The normalized spacial score (nSPS) is 22.6. The van der Waals surface area contributed by atoms with Crippen LogP contribution >= 0.6 is 0 Å². The van der Waals surface area contributed by atoms with Gasteiger partial charge in [0.25, 0.3) is 0 Å². The van der Waals surface area contributed by atoms with Gasteiger partial charge >= 0.3 is 0 Å². The van der Waals surface area contributed by atoms with Crippen molar-refractivity contribution in [2.24, 2.45) is 23.7 Å². The zero-order valence-electron chi connectivity index (χ0n) is 35.9. The van der Waals surface area contributed by atoms with Gasteiger partial charge in [0.1, 0.15) is 0 Å². The molecule has 6 aliphatic carbocycles. The number of aromatic nitrogens is 1. The Hall–Kier alpha value is -6.82. The van der Waals surface area contributed by atoms with E-state index in [2.05, 4.69) is 184 Å². The summed E-state index contributed by atoms with van der Waals surface area (Å²) in [6.45, 7) is 4.68. The number of nitriles is 1. The molecule has 1 heterocycles. The topological polar surface area (TPSA) is 36.7 Å². The zero-order chi connectivity index (χ0) is 42.0. The van der Waals surface area contributed by atoms with E-state index in [9.17, 15) is 5.26 Å². The molecule has 8 aromatic rings. The summed E-state index contributed by atoms with van der Waals surface area (Å²) in [4.78, 5) is 5.36. The summed E-state index contributed by atoms with van der Waals surface area (Å²) >= 11 is 0. The van der Waals surface area contributed by atoms with Crippen LogP contribution in [0.3, 0.4) is 0 Å². The minimum absolute atomic E-state index is 0.00142. The van der Waals surface area contributed by atoms with Gasteiger partial charge in [0.15, 0.2) is 0 Å². The van der Waals surface area contributed by atoms with Crippen molar-refractivity contribution in [3.63, 3.8) is 0 Å². The van der Waals surface area contributed by atoms with Crippen LogP contribution in [0.1, 0.15) is 73.8 Å². The highest BCUT2D eigenvalue weighted by molar-refractivity contribution is 5.88. The van der Waals surface area contributed by atoms with Gasteiger partial charge in [-0.3, -0.25) is 0 Å². The number of rotatable bonds is 5. The Morgan fingerprint density at radius 1 is 0.413 bits per heavy atom. The monoisotopic (exact) mass is 808 g/mol. The van der Waals surface area contributed by atoms with Crippen molar-refractivity contribution in [2.75, 3.05) is 0 Å². The largest absolute Gasteiger partial charge is 0.248 e. The minimum Gasteiger partial charge on any atom is -0.248 e. The van der Waals surface area contributed by atoms with Gasteiger partial charge in [-0.25, -0.2) is 4.98 Å². The maximum absolute atomic E-state index is 10.1. The number of hydrogen-bond donors (Lipinski definition) is 0. The lowest BCUT2D eigenvalue weighted by Crippen LogP contribution is -2.55. The molecule has 0 amide bonds. The van der Waals surface area contributed by atoms with Crippen molar-refractivity contribution in [3.8, 4) is 84.2 Å². The molecule has 1 aromatic heterocycles. The predicted octanol–water partition coefficient (Wildman–Crippen LogP) is 15.3. The van der Waals surface area contributed by atoms with Crippen LogP contribution in [0.2, 0.25) is 0 Å². The molecule has 6 aliphatic rings. The van der Waals surface area contributed by atoms with Crippen LogP contribution in [0.15, 0.2) is 170 Å². The molecule has 63 heavy (non-hydrogen) atoms. The van der Waals surface area contributed by atoms with Crippen LogP contribution in [-0.4, -0.2) is 4.98 Å². The van der Waals surface area contributed by atoms with Crippen LogP contribution in [-0.2, 0) is 10.8 Å². The maximum atomic E-state index is 10.1. The first kappa shape index (κ1) is 36.8. The molecule has 0 saturated heterocycles. The molecule has 0 aliphatic heterocycles. The standard InChI is InChI=1S/C61H48N2/c1-60(2)54-17-7-6-16-50(54)53-32-44(20-23-55(53)60)42-13-9-15-46(31-42)59-35-47(34-58(63-59)40-10-4-3-5-11-40)43-14-8-12-41(30-43)45-19-22-52-51-21-18-37(36-62)29-56(51)61(57(52)33-45)48-25-38-24-39(27-48)28-49(61)26-38/h3-23,29-35,38-39,48-49H,24-28H2,1-2H3. The number of pyridine rings is 1. The third-order valence-corrected chi connectivity index (χ3v) is 16.3. The first-order valence-corrected chi connectivity index (χ1v) is 23.1. The SMILES string of the molecule is CC1(C)c2ccccc2-c2cc(-c3cccc(-c4cc(-c5cccc(-c6ccc7c(c6)C6(c8cc(C#N)ccc8-7)C7CC8CC(C7)CC6C8)c5)cc(-c5ccccc5)n4)c3)ccc21. The molecule has 0 unspecified atom stereocenters. The Bertz CT molecular complexity index is 3210. The Kier molecular flexibility index (Phi) is 7.94. The van der Waals surface area contributed by atoms with Crippen molar-refractivity contribution < 1.29 is 0 Å². The van der Waals surface area contributed by atoms with Crippen molar-refractivity contribution >= 4 is 0 Å². The van der Waals surface area contributed by atoms with E-state index in [-0.39, 0.29) is 10.8 Å². The fourth-order valence-corrected chi connectivity index (χ4v) is 13.7. The van der Waals surface area contributed by atoms with Crippen LogP contribution in [0, 0.1) is 35.0 Å². The fourth-order valence-electron chi connectivity index (χ4n) is 13.7. The molecule has 4 fully saturated rings. The summed E-state index contributed by atoms with van der Waals surface area (Å²) in [6.07, 6.45) is 6.70. The Morgan fingerprint density at radius 3 is 1.67 bits per heavy atom. The lowest BCUT2D eigenvalue weighted by atomic mass is 9.43. The Labute approximate surface area is 371 Å². The Morgan fingerprint density at radius 2 is 0.937 bits per heavy atom. The molecule has 0 radical (unpaired) electrons. The summed E-state index contributed by atoms with van der Waals surface area (Å²) in [5.74, 6) is 3.01. The maximum Gasteiger partial charge on any atom is 0.0991 e. The van der Waals surface area contributed by atoms with Gasteiger partial charge in [-0.2, -0.15) is 5.26 Å². The average Bonchev–Trinajstić information content (AvgIpc) is 3.74. The quantitative estimate of drug-likeness (QED) is 0.174. The van der Waals surface area contributed by atoms with Crippen molar-refractivity contribution in [3.05, 3.63) is 198 Å². The van der Waals surface area contributed by atoms with E-state index in [0.29, 0.717) is 11.8 Å². The lowest BCUT2D eigenvalue weighted by molar-refractivity contribution is -0.0399. The van der Waals surface area contributed by atoms with Gasteiger partial charge in [0.2, 0.25) is 0 Å². The van der Waals surface area contributed by atoms with Gasteiger partial charge in [0.05, 0.1) is 23.0 Å². The third-order valence-electron chi connectivity index (χ3n) is 16.3. The number of hydrogen-bond acceptors (Lipinski definition) is 2. The van der Waals surface area contributed by atoms with Gasteiger partial charge in [-0.1, -0.05) is 135 Å². The van der Waals surface area contributed by atoms with E-state index in [0.717, 1.165) is 45.5 Å². The third kappa shape index (κ3) is 5.45. The molecule has 0 N–H and O–H groups in total. The first-order chi connectivity index (χ1) is 30.8. The van der Waals surface area contributed by atoms with Gasteiger partial charge in [-0.15, -0.1) is 0 Å². The van der Waals surface area contributed by atoms with E-state index in [4.69, 9.17) is 4.98 Å². The van der Waals surface area contributed by atoms with Crippen LogP contribution in [0.25, 0.3) is 78.1 Å². The van der Waals surface area contributed by atoms with Crippen molar-refractivity contribution in [1.82, 2.24) is 4.98 Å². The summed E-state index contributed by atoms with van der Waals surface area (Å²) in [5.41, 5.74) is 23.3. The second kappa shape index (κ2) is 13.6. The van der Waals surface area contributed by atoms with Gasteiger partial charge in [-0.05, 0) is 182 Å². The number of nitrogens with zero attached hydrogens (tertiary/aromatic N) is 2. The summed E-state index contributed by atoms with van der Waals surface area (Å²) in [5, 5.41) is 10.1. The first-order valence-electron chi connectivity index (χ1n) is 23.1. The zero-order valence-corrected chi connectivity index (χ0v) is 35.9. The molecule has 302 valence electrons. The molecule has 7 aromatic carbocycles. The molecular formula is C61H48N2. The minimum atomic E-state index is -0.0196. The Balaban J connectivity index is 0.906. The van der Waals surface area contributed by atoms with Gasteiger partial charge in [0, 0.05) is 22.0 Å². The second-order valence-electron chi connectivity index (χ2n) is 19.9. The van der Waals surface area contributed by atoms with Crippen LogP contribution in [0.4, 0.5) is 0 Å². The summed E-state index contributed by atoms with van der Waals surface area (Å²) < 4.78 is 0. The summed E-state index contributed by atoms with van der Waals surface area (Å²) in [7, 11) is 0. The molecule has 1 spiro atoms. The highest BCUT2D eigenvalue weighted by Crippen LogP contribution is 2.69. The molecule has 0 atom stereocenters. The van der Waals surface area contributed by atoms with E-state index in [1.807, 2.05) is 6.07 Å². The highest BCUT2D eigenvalue weighted by Gasteiger charge is 2.61. The van der Waals surface area contributed by atoms with Crippen molar-refractivity contribution in [1.29, 1.82) is 5.26 Å². The number of fused-ring (bicyclic) bond motifs is 6. The average molecular weight is 809 g/mol. The lowest BCUT2D eigenvalue weighted by Gasteiger charge is -2.61. The smallest absolute Gasteiger partial charge is 0.0991 e. The second-order valence-corrected chi connectivity index (χ2v) is 19.9. The van der Waals surface area contributed by atoms with Crippen LogP contribution < -0.4 is 0 Å². The predicted molar refractivity (Wildman–Crippen MR) is 257 cm³/mol. The van der Waals surface area contributed by atoms with E-state index in [1.54, 1.807) is 0 Å². The van der Waals surface area contributed by atoms with Crippen molar-refractivity contribution in [2.45, 2.75) is 56.8 Å². The molecule has 2 nitrogen and oxygen atoms in total. The van der Waals surface area contributed by atoms with Gasteiger partial charge < -0.3 is 0 Å². The highest BCUT2D eigenvalue weighted by atomic mass is 14.7. The molecule has 4 bridgehead atoms. The van der Waals surface area contributed by atoms with E-state index >= 15 is 0 Å². The molecule has 14 rings (SSSR count). The van der Waals surface area contributed by atoms with E-state index < -0.39 is 0 Å². The fraction of sp³-hybridized carbons (Fsp3) is 0.213. The summed E-state index contributed by atoms with van der Waals surface area (Å²) in [6, 6.07) is 65.4. The molecule has 2 heteroatoms. The van der Waals surface area contributed by atoms with E-state index in [1.165, 1.54) is 104 Å².